The van der Waals surface area contributed by atoms with E-state index in [1.807, 2.05) is 24.3 Å². The lowest BCUT2D eigenvalue weighted by molar-refractivity contribution is -0.140. The molecule has 1 aromatic heterocycles. The summed E-state index contributed by atoms with van der Waals surface area (Å²) in [7, 11) is 0. The fourth-order valence-corrected chi connectivity index (χ4v) is 2.57. The molecule has 0 N–H and O–H groups in total. The molecule has 25 heavy (non-hydrogen) atoms. The van der Waals surface area contributed by atoms with Crippen LogP contribution >= 0.6 is 0 Å². The predicted molar refractivity (Wildman–Crippen MR) is 100 cm³/mol. The van der Waals surface area contributed by atoms with E-state index in [2.05, 4.69) is 36.4 Å². The van der Waals surface area contributed by atoms with Gasteiger partial charge in [-0.25, -0.2) is 9.78 Å². The van der Waals surface area contributed by atoms with Gasteiger partial charge in [-0.3, -0.25) is 0 Å². The Kier molecular flexibility index (Phi) is 6.52. The molecule has 0 atom stereocenters. The number of esters is 1. The van der Waals surface area contributed by atoms with Gasteiger partial charge in [0, 0.05) is 25.0 Å². The first-order chi connectivity index (χ1) is 12.1. The van der Waals surface area contributed by atoms with E-state index in [1.165, 1.54) is 5.56 Å². The molecule has 0 saturated carbocycles. The number of imidazole rings is 1. The van der Waals surface area contributed by atoms with E-state index in [1.54, 1.807) is 13.0 Å². The van der Waals surface area contributed by atoms with Crippen molar-refractivity contribution in [3.05, 3.63) is 90.6 Å². The van der Waals surface area contributed by atoms with Crippen LogP contribution in [0.25, 0.3) is 0 Å². The Labute approximate surface area is 149 Å². The van der Waals surface area contributed by atoms with Crippen LogP contribution in [0.2, 0.25) is 0 Å². The number of ether oxygens (including phenoxy) is 1. The molecule has 0 spiro atoms. The van der Waals surface area contributed by atoms with Crippen molar-refractivity contribution >= 4 is 5.97 Å². The zero-order valence-electron chi connectivity index (χ0n) is 14.7. The molecule has 0 radical (unpaired) electrons. The second-order valence-corrected chi connectivity index (χ2v) is 5.83. The lowest BCUT2D eigenvalue weighted by Crippen LogP contribution is -2.12. The van der Waals surface area contributed by atoms with Crippen LogP contribution in [0, 0.1) is 0 Å². The first kappa shape index (κ1) is 18.5. The largest absolute Gasteiger partial charge is 0.456 e. The molecule has 0 aliphatic carbocycles. The summed E-state index contributed by atoms with van der Waals surface area (Å²) in [6.45, 7) is 13.6. The van der Waals surface area contributed by atoms with Gasteiger partial charge < -0.3 is 9.30 Å². The molecule has 0 saturated heterocycles. The van der Waals surface area contributed by atoms with Gasteiger partial charge in [0.25, 0.3) is 0 Å². The molecule has 0 amide bonds. The molecule has 4 heteroatoms. The van der Waals surface area contributed by atoms with Gasteiger partial charge in [-0.2, -0.15) is 0 Å². The Bertz CT molecular complexity index is 773. The molecule has 2 aromatic rings. The van der Waals surface area contributed by atoms with Gasteiger partial charge in [0.15, 0.2) is 0 Å². The summed E-state index contributed by atoms with van der Waals surface area (Å²) < 4.78 is 7.42. The molecule has 1 aromatic carbocycles. The van der Waals surface area contributed by atoms with Crippen molar-refractivity contribution in [2.45, 2.75) is 32.9 Å². The van der Waals surface area contributed by atoms with Gasteiger partial charge in [-0.05, 0) is 12.5 Å². The van der Waals surface area contributed by atoms with Crippen LogP contribution in [0.3, 0.4) is 0 Å². The normalized spacial score (nSPS) is 10.3. The fourth-order valence-electron chi connectivity index (χ4n) is 2.57. The Balaban J connectivity index is 2.36. The summed E-state index contributed by atoms with van der Waals surface area (Å²) in [4.78, 5) is 16.5. The third kappa shape index (κ3) is 4.80. The highest BCUT2D eigenvalue weighted by molar-refractivity contribution is 5.86. The summed E-state index contributed by atoms with van der Waals surface area (Å²) in [6.07, 6.45) is 4.94. The van der Waals surface area contributed by atoms with Crippen LogP contribution in [0.5, 0.6) is 0 Å². The Hall–Kier alpha value is -2.88. The van der Waals surface area contributed by atoms with Gasteiger partial charge in [0.1, 0.15) is 12.4 Å². The summed E-state index contributed by atoms with van der Waals surface area (Å²) in [5, 5.41) is 0. The second kappa shape index (κ2) is 8.83. The van der Waals surface area contributed by atoms with Crippen molar-refractivity contribution in [2.75, 3.05) is 0 Å². The lowest BCUT2D eigenvalue weighted by Gasteiger charge is -2.11. The minimum atomic E-state index is -0.402. The maximum absolute atomic E-state index is 11.8. The third-order valence-corrected chi connectivity index (χ3v) is 3.78. The van der Waals surface area contributed by atoms with Crippen molar-refractivity contribution in [3.8, 4) is 0 Å². The highest BCUT2D eigenvalue weighted by atomic mass is 16.5. The number of carbonyl (C=O) groups is 1. The number of aromatic nitrogens is 2. The molecule has 0 aliphatic rings. The first-order valence-electron chi connectivity index (χ1n) is 8.22. The predicted octanol–water partition coefficient (Wildman–Crippen LogP) is 4.01. The van der Waals surface area contributed by atoms with E-state index in [0.29, 0.717) is 25.0 Å². The highest BCUT2D eigenvalue weighted by Gasteiger charge is 2.17. The van der Waals surface area contributed by atoms with Crippen LogP contribution in [0.1, 0.15) is 29.7 Å². The summed E-state index contributed by atoms with van der Waals surface area (Å²) >= 11 is 0. The molecule has 4 nitrogen and oxygen atoms in total. The van der Waals surface area contributed by atoms with Gasteiger partial charge >= 0.3 is 5.97 Å². The quantitative estimate of drug-likeness (QED) is 0.395. The highest BCUT2D eigenvalue weighted by Crippen LogP contribution is 2.18. The number of hydrogen-bond donors (Lipinski definition) is 0. The Morgan fingerprint density at radius 3 is 2.56 bits per heavy atom. The molecule has 0 bridgehead atoms. The van der Waals surface area contributed by atoms with Crippen LogP contribution < -0.4 is 0 Å². The molecule has 2 rings (SSSR count). The van der Waals surface area contributed by atoms with Gasteiger partial charge in [-0.15, -0.1) is 13.2 Å². The minimum absolute atomic E-state index is 0.157. The van der Waals surface area contributed by atoms with Crippen LogP contribution in [-0.4, -0.2) is 15.5 Å². The number of allylic oxidation sites excluding steroid dienone is 2. The summed E-state index contributed by atoms with van der Waals surface area (Å²) in [5.74, 6) is 0.518. The average molecular weight is 336 g/mol. The molecule has 1 heterocycles. The maximum Gasteiger partial charge on any atom is 0.333 e. The van der Waals surface area contributed by atoms with Crippen molar-refractivity contribution in [2.24, 2.45) is 0 Å². The number of rotatable bonds is 9. The van der Waals surface area contributed by atoms with E-state index >= 15 is 0 Å². The summed E-state index contributed by atoms with van der Waals surface area (Å²) in [5.41, 5.74) is 3.30. The van der Waals surface area contributed by atoms with E-state index < -0.39 is 5.97 Å². The number of hydrogen-bond acceptors (Lipinski definition) is 3. The Morgan fingerprint density at radius 2 is 1.96 bits per heavy atom. The topological polar surface area (TPSA) is 44.1 Å². The van der Waals surface area contributed by atoms with Crippen LogP contribution in [0.15, 0.2) is 67.8 Å². The van der Waals surface area contributed by atoms with Crippen LogP contribution in [0.4, 0.5) is 0 Å². The third-order valence-electron chi connectivity index (χ3n) is 3.78. The van der Waals surface area contributed by atoms with Gasteiger partial charge in [-0.1, -0.05) is 49.1 Å². The van der Waals surface area contributed by atoms with Crippen molar-refractivity contribution in [3.63, 3.8) is 0 Å². The average Bonchev–Trinajstić information content (AvgIpc) is 2.91. The summed E-state index contributed by atoms with van der Waals surface area (Å²) in [6, 6.07) is 10.2. The smallest absolute Gasteiger partial charge is 0.333 e. The number of nitrogens with zero attached hydrogens (tertiary/aromatic N) is 2. The fraction of sp³-hybridized carbons (Fsp3) is 0.238. The van der Waals surface area contributed by atoms with Gasteiger partial charge in [0.05, 0.1) is 11.4 Å². The van der Waals surface area contributed by atoms with Crippen molar-refractivity contribution in [1.82, 2.24) is 9.55 Å². The molecule has 130 valence electrons. The van der Waals surface area contributed by atoms with Crippen molar-refractivity contribution in [1.29, 1.82) is 0 Å². The molecule has 0 fully saturated rings. The first-order valence-corrected chi connectivity index (χ1v) is 8.22. The van der Waals surface area contributed by atoms with Crippen molar-refractivity contribution < 1.29 is 9.53 Å². The number of benzene rings is 1. The maximum atomic E-state index is 11.8. The van der Waals surface area contributed by atoms with E-state index in [4.69, 9.17) is 9.72 Å². The monoisotopic (exact) mass is 336 g/mol. The Morgan fingerprint density at radius 1 is 1.24 bits per heavy atom. The standard InChI is InChI=1S/C21H24N2O2/c1-5-10-18-19(15-25-21(24)16(3)4)23(13-6-2)20(22-18)14-17-11-8-7-9-12-17/h5-9,11-12H,1-3,10,13-15H2,4H3. The molecular formula is C21H24N2O2. The van der Waals surface area contributed by atoms with Crippen LogP contribution in [-0.2, 0) is 35.5 Å². The van der Waals surface area contributed by atoms with E-state index in [9.17, 15) is 4.79 Å². The minimum Gasteiger partial charge on any atom is -0.456 e. The van der Waals surface area contributed by atoms with Gasteiger partial charge in [0.2, 0.25) is 0 Å². The van der Waals surface area contributed by atoms with E-state index in [0.717, 1.165) is 17.2 Å². The number of carbonyl (C=O) groups excluding carboxylic acids is 1. The zero-order valence-corrected chi connectivity index (χ0v) is 14.7. The second-order valence-electron chi connectivity index (χ2n) is 5.83. The van der Waals surface area contributed by atoms with E-state index in [-0.39, 0.29) is 6.61 Å². The molecule has 0 unspecified atom stereocenters. The lowest BCUT2D eigenvalue weighted by atomic mass is 10.1. The molecular weight excluding hydrogens is 312 g/mol. The molecule has 0 aliphatic heterocycles. The zero-order chi connectivity index (χ0) is 18.2. The SMILES string of the molecule is C=CCc1nc(Cc2ccccc2)n(CC=C)c1COC(=O)C(=C)C.